The van der Waals surface area contributed by atoms with Crippen LogP contribution >= 0.6 is 0 Å². The van der Waals surface area contributed by atoms with E-state index in [9.17, 15) is 0 Å². The molecule has 1 fully saturated rings. The Labute approximate surface area is 98.4 Å². The summed E-state index contributed by atoms with van der Waals surface area (Å²) in [7, 11) is 0. The van der Waals surface area contributed by atoms with Crippen molar-refractivity contribution in [2.75, 3.05) is 19.6 Å². The molecule has 0 aromatic heterocycles. The molecule has 1 atom stereocenters. The largest absolute Gasteiger partial charge is 0.314 e. The van der Waals surface area contributed by atoms with E-state index in [2.05, 4.69) is 55.7 Å². The zero-order valence-corrected chi connectivity index (χ0v) is 10.5. The minimum Gasteiger partial charge on any atom is -0.314 e. The summed E-state index contributed by atoms with van der Waals surface area (Å²) < 4.78 is 0. The highest BCUT2D eigenvalue weighted by molar-refractivity contribution is 5.29. The van der Waals surface area contributed by atoms with Gasteiger partial charge in [0.15, 0.2) is 0 Å². The van der Waals surface area contributed by atoms with E-state index < -0.39 is 0 Å². The number of hydrogen-bond donors (Lipinski definition) is 2. The first-order valence-electron chi connectivity index (χ1n) is 6.12. The van der Waals surface area contributed by atoms with Crippen molar-refractivity contribution in [3.8, 4) is 0 Å². The molecule has 1 aliphatic rings. The first kappa shape index (κ1) is 11.6. The van der Waals surface area contributed by atoms with Crippen LogP contribution in [0.3, 0.4) is 0 Å². The highest BCUT2D eigenvalue weighted by Gasteiger charge is 2.16. The summed E-state index contributed by atoms with van der Waals surface area (Å²) in [6.45, 7) is 9.93. The van der Waals surface area contributed by atoms with Gasteiger partial charge < -0.3 is 10.6 Å². The average Bonchev–Trinajstić information content (AvgIpc) is 2.29. The van der Waals surface area contributed by atoms with Crippen LogP contribution in [-0.2, 0) is 5.41 Å². The summed E-state index contributed by atoms with van der Waals surface area (Å²) in [5.41, 5.74) is 3.04. The van der Waals surface area contributed by atoms with Crippen molar-refractivity contribution in [2.45, 2.75) is 32.2 Å². The normalized spacial score (nSPS) is 22.1. The molecule has 16 heavy (non-hydrogen) atoms. The molecule has 1 heterocycles. The molecule has 0 amide bonds. The van der Waals surface area contributed by atoms with E-state index in [0.29, 0.717) is 6.04 Å². The molecule has 0 aliphatic carbocycles. The van der Waals surface area contributed by atoms with Gasteiger partial charge in [-0.2, -0.15) is 0 Å². The van der Waals surface area contributed by atoms with Crippen LogP contribution in [0, 0.1) is 0 Å². The van der Waals surface area contributed by atoms with Crippen molar-refractivity contribution < 1.29 is 0 Å². The van der Waals surface area contributed by atoms with Gasteiger partial charge in [0.2, 0.25) is 0 Å². The van der Waals surface area contributed by atoms with Crippen molar-refractivity contribution in [3.05, 3.63) is 35.4 Å². The first-order valence-corrected chi connectivity index (χ1v) is 6.12. The summed E-state index contributed by atoms with van der Waals surface area (Å²) in [6, 6.07) is 9.50. The SMILES string of the molecule is CC(C)(C)c1ccc([C@H]2CNCCN2)cc1. The number of rotatable bonds is 1. The van der Waals surface area contributed by atoms with E-state index in [1.165, 1.54) is 11.1 Å². The molecule has 2 heteroatoms. The van der Waals surface area contributed by atoms with Gasteiger partial charge in [-0.25, -0.2) is 0 Å². The topological polar surface area (TPSA) is 24.1 Å². The van der Waals surface area contributed by atoms with Gasteiger partial charge in [0.25, 0.3) is 0 Å². The smallest absolute Gasteiger partial charge is 0.0447 e. The lowest BCUT2D eigenvalue weighted by Gasteiger charge is -2.26. The Bertz CT molecular complexity index is 329. The van der Waals surface area contributed by atoms with E-state index in [0.717, 1.165) is 19.6 Å². The van der Waals surface area contributed by atoms with E-state index in [1.807, 2.05) is 0 Å². The van der Waals surface area contributed by atoms with Crippen LogP contribution in [0.25, 0.3) is 0 Å². The van der Waals surface area contributed by atoms with Crippen molar-refractivity contribution in [2.24, 2.45) is 0 Å². The Kier molecular flexibility index (Phi) is 3.31. The maximum Gasteiger partial charge on any atom is 0.0447 e. The fourth-order valence-corrected chi connectivity index (χ4v) is 2.10. The number of nitrogens with one attached hydrogen (secondary N) is 2. The van der Waals surface area contributed by atoms with Gasteiger partial charge in [0.1, 0.15) is 0 Å². The summed E-state index contributed by atoms with van der Waals surface area (Å²) >= 11 is 0. The van der Waals surface area contributed by atoms with E-state index >= 15 is 0 Å². The third kappa shape index (κ3) is 2.63. The number of piperazine rings is 1. The molecule has 0 unspecified atom stereocenters. The minimum atomic E-state index is 0.247. The molecule has 0 spiro atoms. The third-order valence-corrected chi connectivity index (χ3v) is 3.22. The lowest BCUT2D eigenvalue weighted by Crippen LogP contribution is -2.42. The predicted molar refractivity (Wildman–Crippen MR) is 68.8 cm³/mol. The average molecular weight is 218 g/mol. The maximum absolute atomic E-state index is 3.53. The van der Waals surface area contributed by atoms with Crippen LogP contribution in [0.4, 0.5) is 0 Å². The van der Waals surface area contributed by atoms with Crippen LogP contribution < -0.4 is 10.6 Å². The van der Waals surface area contributed by atoms with Gasteiger partial charge in [0, 0.05) is 25.7 Å². The zero-order chi connectivity index (χ0) is 11.6. The van der Waals surface area contributed by atoms with Crippen molar-refractivity contribution in [3.63, 3.8) is 0 Å². The Morgan fingerprint density at radius 1 is 1.06 bits per heavy atom. The molecule has 88 valence electrons. The highest BCUT2D eigenvalue weighted by Crippen LogP contribution is 2.24. The molecule has 1 aromatic rings. The summed E-state index contributed by atoms with van der Waals surface area (Å²) in [5.74, 6) is 0. The molecule has 0 radical (unpaired) electrons. The number of benzene rings is 1. The summed E-state index contributed by atoms with van der Waals surface area (Å²) in [4.78, 5) is 0. The van der Waals surface area contributed by atoms with Gasteiger partial charge in [-0.05, 0) is 16.5 Å². The van der Waals surface area contributed by atoms with Crippen LogP contribution in [0.2, 0.25) is 0 Å². The van der Waals surface area contributed by atoms with Crippen molar-refractivity contribution in [1.82, 2.24) is 10.6 Å². The first-order chi connectivity index (χ1) is 7.57. The lowest BCUT2D eigenvalue weighted by molar-refractivity contribution is 0.430. The molecule has 1 aromatic carbocycles. The Hall–Kier alpha value is -0.860. The minimum absolute atomic E-state index is 0.247. The van der Waals surface area contributed by atoms with Gasteiger partial charge >= 0.3 is 0 Å². The molecule has 0 saturated carbocycles. The van der Waals surface area contributed by atoms with Crippen LogP contribution in [0.5, 0.6) is 0 Å². The lowest BCUT2D eigenvalue weighted by atomic mass is 9.86. The Balaban J connectivity index is 2.12. The van der Waals surface area contributed by atoms with Gasteiger partial charge in [0.05, 0.1) is 0 Å². The summed E-state index contributed by atoms with van der Waals surface area (Å²) in [5, 5.41) is 6.95. The van der Waals surface area contributed by atoms with Gasteiger partial charge in [-0.3, -0.25) is 0 Å². The van der Waals surface area contributed by atoms with Crippen LogP contribution in [0.1, 0.15) is 37.9 Å². The van der Waals surface area contributed by atoms with Crippen LogP contribution in [-0.4, -0.2) is 19.6 Å². The van der Waals surface area contributed by atoms with Crippen molar-refractivity contribution >= 4 is 0 Å². The molecule has 2 N–H and O–H groups in total. The maximum atomic E-state index is 3.53. The molecular weight excluding hydrogens is 196 g/mol. The van der Waals surface area contributed by atoms with Crippen molar-refractivity contribution in [1.29, 1.82) is 0 Å². The monoisotopic (exact) mass is 218 g/mol. The highest BCUT2D eigenvalue weighted by atomic mass is 15.1. The quantitative estimate of drug-likeness (QED) is 0.755. The third-order valence-electron chi connectivity index (χ3n) is 3.22. The molecule has 1 saturated heterocycles. The number of hydrogen-bond acceptors (Lipinski definition) is 2. The predicted octanol–water partition coefficient (Wildman–Crippen LogP) is 2.22. The molecular formula is C14H22N2. The molecule has 2 nitrogen and oxygen atoms in total. The fraction of sp³-hybridized carbons (Fsp3) is 0.571. The molecule has 0 bridgehead atoms. The second-order valence-corrected chi connectivity index (χ2v) is 5.58. The van der Waals surface area contributed by atoms with E-state index in [4.69, 9.17) is 0 Å². The Morgan fingerprint density at radius 2 is 1.75 bits per heavy atom. The molecule has 2 rings (SSSR count). The Morgan fingerprint density at radius 3 is 2.25 bits per heavy atom. The zero-order valence-electron chi connectivity index (χ0n) is 10.5. The van der Waals surface area contributed by atoms with Gasteiger partial charge in [-0.1, -0.05) is 45.0 Å². The summed E-state index contributed by atoms with van der Waals surface area (Å²) in [6.07, 6.45) is 0. The fourth-order valence-electron chi connectivity index (χ4n) is 2.10. The second-order valence-electron chi connectivity index (χ2n) is 5.58. The van der Waals surface area contributed by atoms with E-state index in [-0.39, 0.29) is 5.41 Å². The second kappa shape index (κ2) is 4.56. The molecule has 1 aliphatic heterocycles. The van der Waals surface area contributed by atoms with Gasteiger partial charge in [-0.15, -0.1) is 0 Å². The standard InChI is InChI=1S/C14H22N2/c1-14(2,3)12-6-4-11(5-7-12)13-10-15-8-9-16-13/h4-7,13,15-16H,8-10H2,1-3H3/t13-/m1/s1. The van der Waals surface area contributed by atoms with E-state index in [1.54, 1.807) is 0 Å². The van der Waals surface area contributed by atoms with Crippen LogP contribution in [0.15, 0.2) is 24.3 Å².